The topological polar surface area (TPSA) is 97.5 Å². The monoisotopic (exact) mass is 576 g/mol. The molecule has 1 atom stereocenters. The molecule has 2 amide bonds. The predicted octanol–water partition coefficient (Wildman–Crippen LogP) is 6.12. The number of rotatable bonds is 9. The number of hydrogen-bond acceptors (Lipinski definition) is 6. The van der Waals surface area contributed by atoms with Crippen LogP contribution in [0.15, 0.2) is 72.8 Å². The van der Waals surface area contributed by atoms with Crippen molar-refractivity contribution in [1.82, 2.24) is 14.6 Å². The molecule has 1 heterocycles. The number of amides is 2. The van der Waals surface area contributed by atoms with Crippen LogP contribution in [-0.2, 0) is 11.3 Å². The molecule has 212 valence electrons. The Morgan fingerprint density at radius 3 is 2.22 bits per heavy atom. The third kappa shape index (κ3) is 6.38. The molecular weight excluding hydrogens is 546 g/mol. The van der Waals surface area contributed by atoms with Crippen LogP contribution in [0.25, 0.3) is 11.3 Å². The molecule has 3 aromatic carbocycles. The quantitative estimate of drug-likeness (QED) is 0.250. The van der Waals surface area contributed by atoms with Gasteiger partial charge in [-0.15, -0.1) is 0 Å². The number of methoxy groups -OCH3 is 1. The van der Waals surface area contributed by atoms with Crippen LogP contribution in [-0.4, -0.2) is 34.2 Å². The second-order valence-corrected chi connectivity index (χ2v) is 10.8. The summed E-state index contributed by atoms with van der Waals surface area (Å²) in [5.74, 6) is -1.02. The fourth-order valence-corrected chi connectivity index (χ4v) is 5.85. The van der Waals surface area contributed by atoms with Crippen molar-refractivity contribution < 1.29 is 23.1 Å². The summed E-state index contributed by atoms with van der Waals surface area (Å²) in [6.45, 7) is 0.0110. The van der Waals surface area contributed by atoms with E-state index in [2.05, 4.69) is 9.69 Å². The standard InChI is InChI=1S/C31H30F2N4O3S/c1-40-25-16-10-21(11-17-25)28(30(38)35-24-4-2-3-5-24)37(18-19-6-12-22(32)13-7-19)31(39)29-26(34)27(36-41-29)20-8-14-23(33)15-9-20/h6-17,24,28H,2-5,18,34H2,1H3,(H,35,38). The van der Waals surface area contributed by atoms with Crippen molar-refractivity contribution in [2.45, 2.75) is 44.3 Å². The van der Waals surface area contributed by atoms with Gasteiger partial charge in [-0.1, -0.05) is 37.1 Å². The molecule has 1 saturated carbocycles. The summed E-state index contributed by atoms with van der Waals surface area (Å²) < 4.78 is 37.0. The molecule has 1 aliphatic rings. The minimum Gasteiger partial charge on any atom is -0.497 e. The number of hydrogen-bond donors (Lipinski definition) is 2. The SMILES string of the molecule is COc1ccc(C(C(=O)NC2CCCC2)N(Cc2ccc(F)cc2)C(=O)c2snc(-c3ccc(F)cc3)c2N)cc1. The lowest BCUT2D eigenvalue weighted by molar-refractivity contribution is -0.126. The Bertz CT molecular complexity index is 1500. The Morgan fingerprint density at radius 2 is 1.61 bits per heavy atom. The Morgan fingerprint density at radius 1 is 1.00 bits per heavy atom. The van der Waals surface area contributed by atoms with Gasteiger partial charge in [-0.3, -0.25) is 9.59 Å². The van der Waals surface area contributed by atoms with Gasteiger partial charge in [0.2, 0.25) is 5.91 Å². The predicted molar refractivity (Wildman–Crippen MR) is 154 cm³/mol. The largest absolute Gasteiger partial charge is 0.497 e. The molecule has 10 heteroatoms. The zero-order chi connectivity index (χ0) is 28.9. The van der Waals surface area contributed by atoms with E-state index in [-0.39, 0.29) is 29.1 Å². The van der Waals surface area contributed by atoms with Gasteiger partial charge >= 0.3 is 0 Å². The number of nitrogens with zero attached hydrogens (tertiary/aromatic N) is 2. The van der Waals surface area contributed by atoms with Crippen LogP contribution < -0.4 is 15.8 Å². The number of benzene rings is 3. The molecule has 0 spiro atoms. The highest BCUT2D eigenvalue weighted by atomic mass is 32.1. The fourth-order valence-electron chi connectivity index (χ4n) is 5.07. The van der Waals surface area contributed by atoms with Crippen LogP contribution in [0.2, 0.25) is 0 Å². The molecule has 0 aliphatic heterocycles. The molecule has 1 unspecified atom stereocenters. The maximum Gasteiger partial charge on any atom is 0.268 e. The number of nitrogen functional groups attached to an aromatic ring is 1. The second-order valence-electron chi connectivity index (χ2n) is 10.0. The van der Waals surface area contributed by atoms with Gasteiger partial charge in [0.05, 0.1) is 12.8 Å². The zero-order valence-electron chi connectivity index (χ0n) is 22.5. The summed E-state index contributed by atoms with van der Waals surface area (Å²) in [7, 11) is 1.55. The Hall–Kier alpha value is -4.31. The highest BCUT2D eigenvalue weighted by Crippen LogP contribution is 2.35. The molecule has 3 N–H and O–H groups in total. The van der Waals surface area contributed by atoms with Gasteiger partial charge in [-0.2, -0.15) is 4.37 Å². The lowest BCUT2D eigenvalue weighted by Crippen LogP contribution is -2.45. The van der Waals surface area contributed by atoms with Crippen molar-refractivity contribution in [3.8, 4) is 17.0 Å². The molecule has 5 rings (SSSR count). The molecule has 1 aromatic heterocycles. The minimum atomic E-state index is -1.02. The smallest absolute Gasteiger partial charge is 0.268 e. The molecule has 41 heavy (non-hydrogen) atoms. The number of halogens is 2. The first-order chi connectivity index (χ1) is 19.8. The van der Waals surface area contributed by atoms with Gasteiger partial charge in [-0.05, 0) is 84.0 Å². The van der Waals surface area contributed by atoms with E-state index in [0.717, 1.165) is 37.2 Å². The van der Waals surface area contributed by atoms with Gasteiger partial charge in [-0.25, -0.2) is 8.78 Å². The van der Waals surface area contributed by atoms with Gasteiger partial charge in [0.15, 0.2) is 0 Å². The van der Waals surface area contributed by atoms with Gasteiger partial charge in [0.25, 0.3) is 5.91 Å². The van der Waals surface area contributed by atoms with E-state index in [1.165, 1.54) is 29.2 Å². The van der Waals surface area contributed by atoms with E-state index < -0.39 is 23.6 Å². The minimum absolute atomic E-state index is 0.0110. The summed E-state index contributed by atoms with van der Waals surface area (Å²) in [4.78, 5) is 29.8. The van der Waals surface area contributed by atoms with Crippen LogP contribution in [0.5, 0.6) is 5.75 Å². The van der Waals surface area contributed by atoms with Crippen LogP contribution in [0, 0.1) is 11.6 Å². The number of carbonyl (C=O) groups excluding carboxylic acids is 2. The van der Waals surface area contributed by atoms with Crippen LogP contribution in [0.1, 0.15) is 52.5 Å². The van der Waals surface area contributed by atoms with Crippen molar-refractivity contribution in [2.75, 3.05) is 12.8 Å². The number of anilines is 1. The summed E-state index contributed by atoms with van der Waals surface area (Å²) in [5, 5.41) is 3.14. The van der Waals surface area contributed by atoms with Crippen molar-refractivity contribution in [3.63, 3.8) is 0 Å². The number of ether oxygens (including phenoxy) is 1. The van der Waals surface area contributed by atoms with Crippen LogP contribution >= 0.6 is 11.5 Å². The number of carbonyl (C=O) groups is 2. The first-order valence-corrected chi connectivity index (χ1v) is 14.1. The van der Waals surface area contributed by atoms with Gasteiger partial charge in [0, 0.05) is 18.2 Å². The molecule has 0 radical (unpaired) electrons. The van der Waals surface area contributed by atoms with E-state index in [1.807, 2.05) is 0 Å². The zero-order valence-corrected chi connectivity index (χ0v) is 23.3. The third-order valence-corrected chi connectivity index (χ3v) is 8.11. The van der Waals surface area contributed by atoms with Gasteiger partial charge in [0.1, 0.15) is 34.0 Å². The summed E-state index contributed by atoms with van der Waals surface area (Å²) in [6.07, 6.45) is 3.80. The molecule has 7 nitrogen and oxygen atoms in total. The average Bonchev–Trinajstić information content (AvgIpc) is 3.64. The average molecular weight is 577 g/mol. The van der Waals surface area contributed by atoms with Crippen molar-refractivity contribution in [2.24, 2.45) is 0 Å². The summed E-state index contributed by atoms with van der Waals surface area (Å²) in [5.41, 5.74) is 8.73. The van der Waals surface area contributed by atoms with Crippen molar-refractivity contribution in [3.05, 3.63) is 100 Å². The van der Waals surface area contributed by atoms with E-state index in [0.29, 0.717) is 28.1 Å². The van der Waals surface area contributed by atoms with Crippen molar-refractivity contribution in [1.29, 1.82) is 0 Å². The summed E-state index contributed by atoms with van der Waals surface area (Å²) in [6, 6.07) is 17.4. The first-order valence-electron chi connectivity index (χ1n) is 13.3. The highest BCUT2D eigenvalue weighted by molar-refractivity contribution is 7.09. The van der Waals surface area contributed by atoms with E-state index >= 15 is 0 Å². The summed E-state index contributed by atoms with van der Waals surface area (Å²) >= 11 is 0.916. The lowest BCUT2D eigenvalue weighted by Gasteiger charge is -2.32. The highest BCUT2D eigenvalue weighted by Gasteiger charge is 2.36. The van der Waals surface area contributed by atoms with Crippen LogP contribution in [0.3, 0.4) is 0 Å². The normalized spacial score (nSPS) is 14.0. The molecule has 0 bridgehead atoms. The second kappa shape index (κ2) is 12.5. The van der Waals surface area contributed by atoms with E-state index in [4.69, 9.17) is 10.5 Å². The van der Waals surface area contributed by atoms with E-state index in [1.54, 1.807) is 55.6 Å². The van der Waals surface area contributed by atoms with Crippen LogP contribution in [0.4, 0.5) is 14.5 Å². The maximum atomic E-state index is 14.3. The number of nitrogens with one attached hydrogen (secondary N) is 1. The van der Waals surface area contributed by atoms with E-state index in [9.17, 15) is 18.4 Å². The Kier molecular flexibility index (Phi) is 8.58. The number of aromatic nitrogens is 1. The fraction of sp³-hybridized carbons (Fsp3) is 0.258. The lowest BCUT2D eigenvalue weighted by atomic mass is 10.0. The molecule has 1 aliphatic carbocycles. The molecular formula is C31H30F2N4O3S. The Balaban J connectivity index is 1.57. The molecule has 1 fully saturated rings. The third-order valence-electron chi connectivity index (χ3n) is 7.26. The van der Waals surface area contributed by atoms with Gasteiger partial charge < -0.3 is 20.7 Å². The molecule has 0 saturated heterocycles. The first kappa shape index (κ1) is 28.2. The number of nitrogens with two attached hydrogens (primary N) is 1. The molecule has 4 aromatic rings. The Labute approximate surface area is 241 Å². The maximum absolute atomic E-state index is 14.3. The van der Waals surface area contributed by atoms with Crippen molar-refractivity contribution >= 4 is 29.0 Å².